The van der Waals surface area contributed by atoms with Gasteiger partial charge in [-0.1, -0.05) is 25.7 Å². The van der Waals surface area contributed by atoms with Crippen molar-refractivity contribution in [1.29, 1.82) is 0 Å². The molecule has 0 saturated heterocycles. The number of thiophene rings is 1. The first-order valence-corrected chi connectivity index (χ1v) is 13.6. The van der Waals surface area contributed by atoms with Crippen molar-refractivity contribution in [2.75, 3.05) is 23.4 Å². The van der Waals surface area contributed by atoms with Crippen molar-refractivity contribution in [2.24, 2.45) is 13.0 Å². The maximum Gasteiger partial charge on any atom is 0.417 e. The van der Waals surface area contributed by atoms with Crippen molar-refractivity contribution in [3.63, 3.8) is 0 Å². The molecule has 5 rings (SSSR count). The number of hydrogen-bond acceptors (Lipinski definition) is 7. The average molecular weight is 567 g/mol. The molecule has 212 valence electrons. The van der Waals surface area contributed by atoms with Gasteiger partial charge in [0.1, 0.15) is 18.3 Å². The van der Waals surface area contributed by atoms with E-state index in [0.717, 1.165) is 42.8 Å². The number of carbonyl (C=O) groups is 2. The molecule has 0 unspecified atom stereocenters. The summed E-state index contributed by atoms with van der Waals surface area (Å²) >= 11 is 1.24. The first kappa shape index (κ1) is 27.0. The van der Waals surface area contributed by atoms with Crippen LogP contribution in [-0.4, -0.2) is 45.8 Å². The third kappa shape index (κ3) is 6.52. The van der Waals surface area contributed by atoms with Gasteiger partial charge in [0.15, 0.2) is 0 Å². The van der Waals surface area contributed by atoms with E-state index in [9.17, 15) is 22.8 Å². The molecule has 0 radical (unpaired) electrons. The summed E-state index contributed by atoms with van der Waals surface area (Å²) < 4.78 is 46.8. The molecule has 4 heterocycles. The fourth-order valence-corrected chi connectivity index (χ4v) is 5.93. The van der Waals surface area contributed by atoms with E-state index in [4.69, 9.17) is 4.74 Å². The van der Waals surface area contributed by atoms with Crippen LogP contribution in [0.15, 0.2) is 36.8 Å². The molecule has 1 fully saturated rings. The van der Waals surface area contributed by atoms with Crippen molar-refractivity contribution in [3.05, 3.63) is 52.1 Å². The second-order valence-corrected chi connectivity index (χ2v) is 11.1. The lowest BCUT2D eigenvalue weighted by molar-refractivity contribution is -0.137. The van der Waals surface area contributed by atoms with Crippen molar-refractivity contribution in [2.45, 2.75) is 50.9 Å². The van der Waals surface area contributed by atoms with Crippen molar-refractivity contribution in [3.8, 4) is 5.88 Å². The average Bonchev–Trinajstić information content (AvgIpc) is 3.66. The number of nitrogens with one attached hydrogen (secondary N) is 2. The molecular weight excluding hydrogens is 533 g/mol. The van der Waals surface area contributed by atoms with Crippen molar-refractivity contribution < 1.29 is 30.4 Å². The van der Waals surface area contributed by atoms with Gasteiger partial charge < -0.3 is 20.3 Å². The van der Waals surface area contributed by atoms with Gasteiger partial charge in [0, 0.05) is 27.2 Å². The van der Waals surface area contributed by atoms with Gasteiger partial charge >= 0.3 is 6.18 Å². The molecule has 3 aromatic heterocycles. The van der Waals surface area contributed by atoms with E-state index < -0.39 is 17.8 Å². The Morgan fingerprint density at radius 1 is 1.26 bits per heavy atom. The van der Waals surface area contributed by atoms with Gasteiger partial charge in [-0.15, -0.1) is 11.3 Å². The van der Waals surface area contributed by atoms with Crippen LogP contribution in [0.1, 0.15) is 55.1 Å². The Bertz CT molecular complexity index is 1350. The highest BCUT2D eigenvalue weighted by molar-refractivity contribution is 7.14. The number of hydrogen-bond donors (Lipinski definition) is 2. The maximum atomic E-state index is 13.2. The second kappa shape index (κ2) is 11.2. The predicted octanol–water partition coefficient (Wildman–Crippen LogP) is 5.10. The summed E-state index contributed by atoms with van der Waals surface area (Å²) in [6, 6.07) is 3.78. The highest BCUT2D eigenvalue weighted by atomic mass is 32.1. The van der Waals surface area contributed by atoms with Gasteiger partial charge in [-0.3, -0.25) is 14.3 Å². The normalized spacial score (nSPS) is 16.5. The summed E-state index contributed by atoms with van der Waals surface area (Å²) in [5.41, 5.74) is -0.0272. The number of nitrogens with zero attached hydrogens (tertiary/aromatic N) is 4. The Morgan fingerprint density at radius 2 is 2.05 bits per heavy atom. The third-order valence-electron chi connectivity index (χ3n) is 6.97. The molecule has 0 aromatic carbocycles. The Hall–Kier alpha value is -3.61. The fraction of sp³-hybridized carbons (Fsp3) is 0.462. The van der Waals surface area contributed by atoms with E-state index in [1.807, 2.05) is 0 Å². The summed E-state index contributed by atoms with van der Waals surface area (Å²) in [5.74, 6) is -0.138. The molecule has 1 saturated carbocycles. The lowest BCUT2D eigenvalue weighted by Crippen LogP contribution is -2.44. The molecule has 0 bridgehead atoms. The van der Waals surface area contributed by atoms with Gasteiger partial charge in [-0.05, 0) is 30.5 Å². The minimum atomic E-state index is -4.52. The van der Waals surface area contributed by atoms with E-state index in [2.05, 4.69) is 20.7 Å². The Morgan fingerprint density at radius 3 is 2.77 bits per heavy atom. The summed E-state index contributed by atoms with van der Waals surface area (Å²) in [6.07, 6.45) is 4.34. The summed E-state index contributed by atoms with van der Waals surface area (Å²) in [6.45, 7) is 0.969. The van der Waals surface area contributed by atoms with Crippen LogP contribution in [0.4, 0.5) is 24.5 Å². The molecule has 2 amide bonds. The number of aromatic nitrogens is 3. The number of rotatable bonds is 8. The van der Waals surface area contributed by atoms with E-state index in [1.54, 1.807) is 41.2 Å². The topological polar surface area (TPSA) is 101 Å². The summed E-state index contributed by atoms with van der Waals surface area (Å²) in [4.78, 5) is 33.1. The monoisotopic (exact) mass is 566 g/mol. The molecule has 2 aliphatic rings. The van der Waals surface area contributed by atoms with Crippen LogP contribution in [0.5, 0.6) is 5.88 Å². The molecule has 3 aromatic rings. The van der Waals surface area contributed by atoms with Gasteiger partial charge in [0.05, 0.1) is 35.4 Å². The molecule has 1 atom stereocenters. The minimum absolute atomic E-state index is 0. The van der Waals surface area contributed by atoms with E-state index >= 15 is 0 Å². The number of ether oxygens (including phenoxy) is 1. The lowest BCUT2D eigenvalue weighted by Gasteiger charge is -2.30. The molecule has 39 heavy (non-hydrogen) atoms. The molecule has 1 aliphatic heterocycles. The van der Waals surface area contributed by atoms with Crippen LogP contribution in [0.25, 0.3) is 0 Å². The highest BCUT2D eigenvalue weighted by Crippen LogP contribution is 2.37. The number of aryl methyl sites for hydroxylation is 1. The fourth-order valence-electron chi connectivity index (χ4n) is 5.00. The van der Waals surface area contributed by atoms with Gasteiger partial charge in [-0.25, -0.2) is 4.98 Å². The first-order valence-electron chi connectivity index (χ1n) is 12.8. The Balaban J connectivity index is 0.00000231. The number of anilines is 2. The number of alkyl halides is 3. The van der Waals surface area contributed by atoms with Gasteiger partial charge in [0.2, 0.25) is 11.8 Å². The molecule has 1 aliphatic carbocycles. The van der Waals surface area contributed by atoms with Crippen LogP contribution < -0.4 is 20.3 Å². The lowest BCUT2D eigenvalue weighted by atomic mass is 9.97. The number of carbonyl (C=O) groups excluding carboxylic acids is 2. The standard InChI is InChI=1S/C26H29F3N6O3S.2H2/c1-34-14-18(13-31-34)32-23(36)20(10-16-4-2-3-5-16)33-24(37)22-7-6-19(39-22)15-35-8-9-38-25-21(35)11-17(12-30-25)26(27,28)29;;/h6-7,11-14,16,20H,2-5,8-10,15H2,1H3,(H,32,36)(H,33,37);2*1H/t20-;;/m0../s1. The smallest absolute Gasteiger partial charge is 0.417 e. The van der Waals surface area contributed by atoms with Crippen LogP contribution in [0, 0.1) is 5.92 Å². The predicted molar refractivity (Wildman–Crippen MR) is 144 cm³/mol. The molecule has 9 nitrogen and oxygen atoms in total. The SMILES string of the molecule is Cn1cc(NC(=O)[C@H](CC2CCCC2)NC(=O)c2ccc(CN3CCOc4ncc(C(F)(F)F)cc43)s2)cn1.[HH].[HH]. The molecule has 0 spiro atoms. The highest BCUT2D eigenvalue weighted by Gasteiger charge is 2.34. The Kier molecular flexibility index (Phi) is 7.78. The third-order valence-corrected chi connectivity index (χ3v) is 8.04. The largest absolute Gasteiger partial charge is 0.474 e. The number of amides is 2. The number of pyridine rings is 1. The molecule has 13 heteroatoms. The zero-order valence-corrected chi connectivity index (χ0v) is 22.1. The maximum absolute atomic E-state index is 13.2. The van der Waals surface area contributed by atoms with E-state index in [0.29, 0.717) is 42.6 Å². The quantitative estimate of drug-likeness (QED) is 0.393. The van der Waals surface area contributed by atoms with Gasteiger partial charge in [-0.2, -0.15) is 18.3 Å². The first-order chi connectivity index (χ1) is 18.7. The van der Waals surface area contributed by atoms with Crippen molar-refractivity contribution in [1.82, 2.24) is 20.1 Å². The van der Waals surface area contributed by atoms with Crippen molar-refractivity contribution >= 4 is 34.5 Å². The number of fused-ring (bicyclic) bond motifs is 1. The van der Waals surface area contributed by atoms with Crippen LogP contribution in [0.2, 0.25) is 0 Å². The zero-order chi connectivity index (χ0) is 27.6. The molecule has 2 N–H and O–H groups in total. The number of halogens is 3. The van der Waals surface area contributed by atoms with E-state index in [1.165, 1.54) is 11.3 Å². The summed E-state index contributed by atoms with van der Waals surface area (Å²) in [7, 11) is 1.75. The van der Waals surface area contributed by atoms with E-state index in [-0.39, 0.29) is 26.2 Å². The summed E-state index contributed by atoms with van der Waals surface area (Å²) in [5, 5.41) is 9.81. The van der Waals surface area contributed by atoms with Gasteiger partial charge in [0.25, 0.3) is 5.91 Å². The zero-order valence-electron chi connectivity index (χ0n) is 21.3. The second-order valence-electron chi connectivity index (χ2n) is 9.89. The van der Waals surface area contributed by atoms with Crippen LogP contribution in [0.3, 0.4) is 0 Å². The van der Waals surface area contributed by atoms with Crippen LogP contribution in [-0.2, 0) is 24.6 Å². The Labute approximate surface area is 230 Å². The van der Waals surface area contributed by atoms with Crippen LogP contribution >= 0.6 is 11.3 Å². The molecular formula is C26H33F3N6O3S. The minimum Gasteiger partial charge on any atom is -0.474 e.